The largest absolute Gasteiger partial charge is 0.383 e. The van der Waals surface area contributed by atoms with Gasteiger partial charge in [0.25, 0.3) is 5.91 Å². The Balaban J connectivity index is 1.91. The topological polar surface area (TPSA) is 77.2 Å². The van der Waals surface area contributed by atoms with Crippen molar-refractivity contribution in [3.63, 3.8) is 0 Å². The zero-order chi connectivity index (χ0) is 17.9. The second kappa shape index (κ2) is 7.60. The highest BCUT2D eigenvalue weighted by atomic mass is 35.5. The van der Waals surface area contributed by atoms with Crippen molar-refractivity contribution in [1.29, 1.82) is 0 Å². The predicted molar refractivity (Wildman–Crippen MR) is 99.4 cm³/mol. The molecule has 0 spiro atoms. The van der Waals surface area contributed by atoms with Gasteiger partial charge < -0.3 is 15.8 Å². The van der Waals surface area contributed by atoms with Crippen molar-refractivity contribution in [2.24, 2.45) is 5.73 Å². The minimum atomic E-state index is -0.513. The van der Waals surface area contributed by atoms with E-state index in [9.17, 15) is 4.79 Å². The Morgan fingerprint density at radius 2 is 2.04 bits per heavy atom. The summed E-state index contributed by atoms with van der Waals surface area (Å²) < 4.78 is 5.54. The van der Waals surface area contributed by atoms with Gasteiger partial charge in [-0.1, -0.05) is 29.3 Å². The van der Waals surface area contributed by atoms with Gasteiger partial charge in [0, 0.05) is 47.6 Å². The Morgan fingerprint density at radius 1 is 1.28 bits per heavy atom. The van der Waals surface area contributed by atoms with Crippen molar-refractivity contribution in [3.05, 3.63) is 57.8 Å². The van der Waals surface area contributed by atoms with Crippen LogP contribution in [0.2, 0.25) is 10.0 Å². The van der Waals surface area contributed by atoms with E-state index in [0.717, 1.165) is 18.4 Å². The van der Waals surface area contributed by atoms with Crippen molar-refractivity contribution in [2.45, 2.75) is 18.3 Å². The lowest BCUT2D eigenvalue weighted by Gasteiger charge is -2.39. The van der Waals surface area contributed by atoms with Gasteiger partial charge in [0.2, 0.25) is 0 Å². The fraction of sp³-hybridized carbons (Fsp3) is 0.333. The fourth-order valence-electron chi connectivity index (χ4n) is 3.23. The van der Waals surface area contributed by atoms with Gasteiger partial charge in [0.15, 0.2) is 0 Å². The number of halogens is 2. The van der Waals surface area contributed by atoms with E-state index >= 15 is 0 Å². The Morgan fingerprint density at radius 3 is 2.72 bits per heavy atom. The summed E-state index contributed by atoms with van der Waals surface area (Å²) in [6.07, 6.45) is 4.73. The number of ether oxygens (including phenoxy) is 1. The third-order valence-corrected chi connectivity index (χ3v) is 5.20. The number of anilines is 1. The highest BCUT2D eigenvalue weighted by Crippen LogP contribution is 2.40. The van der Waals surface area contributed by atoms with Gasteiger partial charge >= 0.3 is 0 Å². The lowest BCUT2D eigenvalue weighted by molar-refractivity contribution is 0.0544. The van der Waals surface area contributed by atoms with Crippen LogP contribution in [0.25, 0.3) is 0 Å². The molecule has 5 nitrogen and oxygen atoms in total. The summed E-state index contributed by atoms with van der Waals surface area (Å²) in [4.78, 5) is 15.6. The maximum atomic E-state index is 11.6. The van der Waals surface area contributed by atoms with Crippen LogP contribution in [0.4, 0.5) is 5.69 Å². The monoisotopic (exact) mass is 379 g/mol. The molecule has 7 heteroatoms. The summed E-state index contributed by atoms with van der Waals surface area (Å²) in [7, 11) is 0. The molecule has 1 fully saturated rings. The van der Waals surface area contributed by atoms with Crippen molar-refractivity contribution < 1.29 is 9.53 Å². The van der Waals surface area contributed by atoms with Gasteiger partial charge in [0.1, 0.15) is 0 Å². The lowest BCUT2D eigenvalue weighted by atomic mass is 9.74. The van der Waals surface area contributed by atoms with Crippen LogP contribution in [0.5, 0.6) is 0 Å². The molecule has 3 rings (SSSR count). The molecule has 3 N–H and O–H groups in total. The molecule has 1 aliphatic rings. The second-order valence-corrected chi connectivity index (χ2v) is 7.00. The second-order valence-electron chi connectivity index (χ2n) is 6.16. The van der Waals surface area contributed by atoms with Crippen LogP contribution < -0.4 is 11.1 Å². The standard InChI is InChI=1S/C18H19Cl2N3O2/c19-12-1-2-14(15(20)9-12)18(4-7-25-8-5-18)11-23-16-3-6-22-10-13(16)17(21)24/h1-3,6,9-10H,4-5,7-8,11H2,(H2,21,24)(H,22,23). The molecule has 1 aliphatic heterocycles. The number of nitrogens with two attached hydrogens (primary N) is 1. The molecule has 1 aromatic heterocycles. The summed E-state index contributed by atoms with van der Waals surface area (Å²) in [6, 6.07) is 7.33. The fourth-order valence-corrected chi connectivity index (χ4v) is 3.84. The predicted octanol–water partition coefficient (Wildman–Crippen LogP) is 3.65. The third-order valence-electron chi connectivity index (χ3n) is 4.66. The summed E-state index contributed by atoms with van der Waals surface area (Å²) in [6.45, 7) is 1.90. The number of benzene rings is 1. The molecule has 1 saturated heterocycles. The summed E-state index contributed by atoms with van der Waals surface area (Å²) in [5.41, 5.74) is 7.29. The van der Waals surface area contributed by atoms with Crippen LogP contribution in [-0.2, 0) is 10.2 Å². The molecule has 2 aromatic rings. The Kier molecular flexibility index (Phi) is 5.47. The number of hydrogen-bond acceptors (Lipinski definition) is 4. The number of rotatable bonds is 5. The molecule has 1 amide bonds. The number of aromatic nitrogens is 1. The van der Waals surface area contributed by atoms with Crippen LogP contribution in [0.15, 0.2) is 36.7 Å². The van der Waals surface area contributed by atoms with Crippen molar-refractivity contribution >= 4 is 34.8 Å². The lowest BCUT2D eigenvalue weighted by Crippen LogP contribution is -2.40. The van der Waals surface area contributed by atoms with Crippen LogP contribution in [0.1, 0.15) is 28.8 Å². The molecule has 0 unspecified atom stereocenters. The van der Waals surface area contributed by atoms with E-state index in [1.807, 2.05) is 12.1 Å². The first-order valence-corrected chi connectivity index (χ1v) is 8.78. The van der Waals surface area contributed by atoms with E-state index in [1.165, 1.54) is 6.20 Å². The zero-order valence-corrected chi connectivity index (χ0v) is 15.1. The number of amides is 1. The van der Waals surface area contributed by atoms with Gasteiger partial charge in [-0.2, -0.15) is 0 Å². The van der Waals surface area contributed by atoms with Crippen LogP contribution in [0, 0.1) is 0 Å². The van der Waals surface area contributed by atoms with Gasteiger partial charge in [-0.05, 0) is 36.6 Å². The summed E-state index contributed by atoms with van der Waals surface area (Å²) in [5.74, 6) is -0.513. The normalized spacial score (nSPS) is 16.4. The maximum Gasteiger partial charge on any atom is 0.252 e. The van der Waals surface area contributed by atoms with E-state index in [-0.39, 0.29) is 5.41 Å². The minimum Gasteiger partial charge on any atom is -0.383 e. The van der Waals surface area contributed by atoms with Crippen LogP contribution in [0.3, 0.4) is 0 Å². The number of carbonyl (C=O) groups excluding carboxylic acids is 1. The summed E-state index contributed by atoms with van der Waals surface area (Å²) in [5, 5.41) is 4.60. The van der Waals surface area contributed by atoms with Gasteiger partial charge in [-0.15, -0.1) is 0 Å². The summed E-state index contributed by atoms with van der Waals surface area (Å²) >= 11 is 12.5. The van der Waals surface area contributed by atoms with Crippen LogP contribution >= 0.6 is 23.2 Å². The first kappa shape index (κ1) is 18.0. The van der Waals surface area contributed by atoms with E-state index in [2.05, 4.69) is 10.3 Å². The Hall–Kier alpha value is -1.82. The van der Waals surface area contributed by atoms with E-state index in [1.54, 1.807) is 18.3 Å². The van der Waals surface area contributed by atoms with E-state index in [0.29, 0.717) is 41.1 Å². The molecule has 0 radical (unpaired) electrons. The number of carbonyl (C=O) groups is 1. The average Bonchev–Trinajstić information content (AvgIpc) is 2.61. The molecular formula is C18H19Cl2N3O2. The van der Waals surface area contributed by atoms with E-state index in [4.69, 9.17) is 33.7 Å². The molecule has 25 heavy (non-hydrogen) atoms. The first-order chi connectivity index (χ1) is 12.0. The third kappa shape index (κ3) is 3.89. The molecule has 1 aromatic carbocycles. The smallest absolute Gasteiger partial charge is 0.252 e. The zero-order valence-electron chi connectivity index (χ0n) is 13.6. The maximum absolute atomic E-state index is 11.6. The molecule has 0 atom stereocenters. The molecular weight excluding hydrogens is 361 g/mol. The van der Waals surface area contributed by atoms with Crippen molar-refractivity contribution in [1.82, 2.24) is 4.98 Å². The SMILES string of the molecule is NC(=O)c1cnccc1NCC1(c2ccc(Cl)cc2Cl)CCOCC1. The first-order valence-electron chi connectivity index (χ1n) is 8.03. The molecule has 0 aliphatic carbocycles. The number of primary amides is 1. The molecule has 0 saturated carbocycles. The van der Waals surface area contributed by atoms with Gasteiger partial charge in [0.05, 0.1) is 11.3 Å². The average molecular weight is 380 g/mol. The minimum absolute atomic E-state index is 0.210. The van der Waals surface area contributed by atoms with Gasteiger partial charge in [-0.25, -0.2) is 0 Å². The number of pyridine rings is 1. The van der Waals surface area contributed by atoms with Gasteiger partial charge in [-0.3, -0.25) is 9.78 Å². The van der Waals surface area contributed by atoms with E-state index < -0.39 is 5.91 Å². The highest BCUT2D eigenvalue weighted by Gasteiger charge is 2.36. The Labute approximate surface area is 156 Å². The highest BCUT2D eigenvalue weighted by molar-refractivity contribution is 6.35. The number of hydrogen-bond donors (Lipinski definition) is 2. The number of nitrogens with one attached hydrogen (secondary N) is 1. The van der Waals surface area contributed by atoms with Crippen molar-refractivity contribution in [2.75, 3.05) is 25.1 Å². The molecule has 132 valence electrons. The quantitative estimate of drug-likeness (QED) is 0.830. The molecule has 2 heterocycles. The van der Waals surface area contributed by atoms with Crippen molar-refractivity contribution in [3.8, 4) is 0 Å². The molecule has 0 bridgehead atoms. The number of nitrogens with zero attached hydrogens (tertiary/aromatic N) is 1. The Bertz CT molecular complexity index is 777. The van der Waals surface area contributed by atoms with Crippen LogP contribution in [-0.4, -0.2) is 30.6 Å².